The maximum absolute atomic E-state index is 11.8. The van der Waals surface area contributed by atoms with E-state index in [1.807, 2.05) is 4.90 Å². The van der Waals surface area contributed by atoms with E-state index in [2.05, 4.69) is 11.8 Å². The lowest BCUT2D eigenvalue weighted by molar-refractivity contribution is -0.150. The summed E-state index contributed by atoms with van der Waals surface area (Å²) in [5, 5.41) is 9.27. The standard InChI is InChI=1S/C12H22N2O3/c1-2-13-4-3-10(5-13)6-14-11(7-15)8-17-9-12(14)16/h10-11,15H,2-9H2,1H3. The van der Waals surface area contributed by atoms with Crippen LogP contribution in [0.15, 0.2) is 0 Å². The number of carbonyl (C=O) groups excluding carboxylic acids is 1. The molecule has 0 aromatic carbocycles. The molecule has 2 atom stereocenters. The Hall–Kier alpha value is -0.650. The number of nitrogens with zero attached hydrogens (tertiary/aromatic N) is 2. The molecular weight excluding hydrogens is 220 g/mol. The van der Waals surface area contributed by atoms with Gasteiger partial charge in [0, 0.05) is 13.1 Å². The summed E-state index contributed by atoms with van der Waals surface area (Å²) < 4.78 is 5.16. The van der Waals surface area contributed by atoms with Gasteiger partial charge in [0.1, 0.15) is 6.61 Å². The van der Waals surface area contributed by atoms with Crippen molar-refractivity contribution >= 4 is 5.91 Å². The molecule has 1 N–H and O–H groups in total. The van der Waals surface area contributed by atoms with Gasteiger partial charge in [-0.15, -0.1) is 0 Å². The predicted octanol–water partition coefficient (Wildman–Crippen LogP) is -0.452. The number of ether oxygens (including phenoxy) is 1. The lowest BCUT2D eigenvalue weighted by atomic mass is 10.1. The van der Waals surface area contributed by atoms with Gasteiger partial charge in [-0.3, -0.25) is 4.79 Å². The molecule has 2 fully saturated rings. The Labute approximate surface area is 102 Å². The van der Waals surface area contributed by atoms with E-state index in [9.17, 15) is 9.90 Å². The molecule has 2 rings (SSSR count). The number of aliphatic hydroxyl groups is 1. The molecule has 5 nitrogen and oxygen atoms in total. The SMILES string of the molecule is CCN1CCC(CN2C(=O)COCC2CO)C1. The Kier molecular flexibility index (Phi) is 4.36. The van der Waals surface area contributed by atoms with Crippen LogP contribution in [0.25, 0.3) is 0 Å². The molecule has 0 spiro atoms. The van der Waals surface area contributed by atoms with Crippen molar-refractivity contribution in [2.24, 2.45) is 5.92 Å². The first-order valence-corrected chi connectivity index (χ1v) is 6.45. The summed E-state index contributed by atoms with van der Waals surface area (Å²) >= 11 is 0. The maximum Gasteiger partial charge on any atom is 0.248 e. The van der Waals surface area contributed by atoms with Crippen molar-refractivity contribution in [3.05, 3.63) is 0 Å². The normalized spacial score (nSPS) is 31.2. The molecule has 2 aliphatic rings. The molecule has 5 heteroatoms. The maximum atomic E-state index is 11.8. The van der Waals surface area contributed by atoms with E-state index in [1.165, 1.54) is 0 Å². The van der Waals surface area contributed by atoms with Gasteiger partial charge < -0.3 is 19.6 Å². The van der Waals surface area contributed by atoms with Gasteiger partial charge in [0.15, 0.2) is 0 Å². The van der Waals surface area contributed by atoms with Crippen molar-refractivity contribution < 1.29 is 14.6 Å². The topological polar surface area (TPSA) is 53.0 Å². The fourth-order valence-corrected chi connectivity index (χ4v) is 2.69. The monoisotopic (exact) mass is 242 g/mol. The van der Waals surface area contributed by atoms with Crippen LogP contribution in [0.3, 0.4) is 0 Å². The highest BCUT2D eigenvalue weighted by atomic mass is 16.5. The Bertz CT molecular complexity index is 272. The third kappa shape index (κ3) is 2.97. The van der Waals surface area contributed by atoms with Gasteiger partial charge in [-0.25, -0.2) is 0 Å². The summed E-state index contributed by atoms with van der Waals surface area (Å²) in [4.78, 5) is 16.0. The Morgan fingerprint density at radius 1 is 1.53 bits per heavy atom. The quantitative estimate of drug-likeness (QED) is 0.725. The first-order valence-electron chi connectivity index (χ1n) is 6.45. The average Bonchev–Trinajstić information content (AvgIpc) is 2.79. The summed E-state index contributed by atoms with van der Waals surface area (Å²) in [6, 6.07) is -0.146. The van der Waals surface area contributed by atoms with E-state index in [4.69, 9.17) is 4.74 Å². The van der Waals surface area contributed by atoms with E-state index in [-0.39, 0.29) is 25.2 Å². The van der Waals surface area contributed by atoms with Gasteiger partial charge >= 0.3 is 0 Å². The van der Waals surface area contributed by atoms with Crippen molar-refractivity contribution in [2.45, 2.75) is 19.4 Å². The van der Waals surface area contributed by atoms with Gasteiger partial charge in [0.05, 0.1) is 19.3 Å². The number of amides is 1. The molecule has 0 bridgehead atoms. The van der Waals surface area contributed by atoms with Crippen molar-refractivity contribution in [3.63, 3.8) is 0 Å². The minimum atomic E-state index is -0.146. The average molecular weight is 242 g/mol. The van der Waals surface area contributed by atoms with Crippen LogP contribution in [0.4, 0.5) is 0 Å². The molecular formula is C12H22N2O3. The molecule has 2 aliphatic heterocycles. The Balaban J connectivity index is 1.89. The van der Waals surface area contributed by atoms with Crippen molar-refractivity contribution in [2.75, 3.05) is 46.0 Å². The van der Waals surface area contributed by atoms with E-state index in [1.54, 1.807) is 0 Å². The van der Waals surface area contributed by atoms with Crippen LogP contribution in [0.1, 0.15) is 13.3 Å². The molecule has 2 heterocycles. The highest BCUT2D eigenvalue weighted by Crippen LogP contribution is 2.19. The molecule has 0 aliphatic carbocycles. The summed E-state index contributed by atoms with van der Waals surface area (Å²) in [6.45, 7) is 6.84. The van der Waals surface area contributed by atoms with E-state index < -0.39 is 0 Å². The van der Waals surface area contributed by atoms with Crippen LogP contribution in [0, 0.1) is 5.92 Å². The number of hydrogen-bond acceptors (Lipinski definition) is 4. The summed E-state index contributed by atoms with van der Waals surface area (Å²) in [5.41, 5.74) is 0. The predicted molar refractivity (Wildman–Crippen MR) is 63.6 cm³/mol. The van der Waals surface area contributed by atoms with Gasteiger partial charge in [-0.05, 0) is 25.4 Å². The first-order chi connectivity index (χ1) is 8.24. The highest BCUT2D eigenvalue weighted by Gasteiger charge is 2.32. The first kappa shape index (κ1) is 12.8. The van der Waals surface area contributed by atoms with Crippen LogP contribution < -0.4 is 0 Å². The van der Waals surface area contributed by atoms with E-state index in [0.29, 0.717) is 12.5 Å². The van der Waals surface area contributed by atoms with Crippen molar-refractivity contribution in [1.82, 2.24) is 9.80 Å². The third-order valence-electron chi connectivity index (χ3n) is 3.78. The lowest BCUT2D eigenvalue weighted by Gasteiger charge is -2.36. The molecule has 2 unspecified atom stereocenters. The minimum Gasteiger partial charge on any atom is -0.394 e. The lowest BCUT2D eigenvalue weighted by Crippen LogP contribution is -2.52. The number of carbonyl (C=O) groups is 1. The molecule has 17 heavy (non-hydrogen) atoms. The van der Waals surface area contributed by atoms with Crippen LogP contribution >= 0.6 is 0 Å². The Morgan fingerprint density at radius 2 is 2.35 bits per heavy atom. The molecule has 1 amide bonds. The second-order valence-electron chi connectivity index (χ2n) is 4.95. The summed E-state index contributed by atoms with van der Waals surface area (Å²) in [7, 11) is 0. The number of rotatable bonds is 4. The Morgan fingerprint density at radius 3 is 3.00 bits per heavy atom. The van der Waals surface area contributed by atoms with Crippen LogP contribution in [-0.2, 0) is 9.53 Å². The number of likely N-dealkylation sites (tertiary alicyclic amines) is 1. The van der Waals surface area contributed by atoms with Crippen molar-refractivity contribution in [1.29, 1.82) is 0 Å². The number of morpholine rings is 1. The molecule has 0 saturated carbocycles. The van der Waals surface area contributed by atoms with Gasteiger partial charge in [-0.2, -0.15) is 0 Å². The fourth-order valence-electron chi connectivity index (χ4n) is 2.69. The highest BCUT2D eigenvalue weighted by molar-refractivity contribution is 5.78. The van der Waals surface area contributed by atoms with Gasteiger partial charge in [0.25, 0.3) is 0 Å². The molecule has 0 aromatic rings. The molecule has 0 aromatic heterocycles. The zero-order valence-electron chi connectivity index (χ0n) is 10.5. The molecule has 0 radical (unpaired) electrons. The van der Waals surface area contributed by atoms with Gasteiger partial charge in [0.2, 0.25) is 5.91 Å². The van der Waals surface area contributed by atoms with Gasteiger partial charge in [-0.1, -0.05) is 6.92 Å². The van der Waals surface area contributed by atoms with Crippen molar-refractivity contribution in [3.8, 4) is 0 Å². The van der Waals surface area contributed by atoms with E-state index in [0.717, 1.165) is 32.6 Å². The summed E-state index contributed by atoms with van der Waals surface area (Å²) in [6.07, 6.45) is 1.15. The largest absolute Gasteiger partial charge is 0.394 e. The zero-order valence-corrected chi connectivity index (χ0v) is 10.5. The molecule has 98 valence electrons. The second-order valence-corrected chi connectivity index (χ2v) is 4.95. The minimum absolute atomic E-state index is 0.00402. The van der Waals surface area contributed by atoms with Crippen LogP contribution in [-0.4, -0.2) is 72.9 Å². The van der Waals surface area contributed by atoms with Crippen LogP contribution in [0.5, 0.6) is 0 Å². The van der Waals surface area contributed by atoms with Crippen LogP contribution in [0.2, 0.25) is 0 Å². The number of hydrogen-bond donors (Lipinski definition) is 1. The zero-order chi connectivity index (χ0) is 12.3. The fraction of sp³-hybridized carbons (Fsp3) is 0.917. The summed E-state index contributed by atoms with van der Waals surface area (Å²) in [5.74, 6) is 0.566. The second kappa shape index (κ2) is 5.80. The third-order valence-corrected chi connectivity index (χ3v) is 3.78. The van der Waals surface area contributed by atoms with E-state index >= 15 is 0 Å². The number of aliphatic hydroxyl groups excluding tert-OH is 1. The molecule has 2 saturated heterocycles. The smallest absolute Gasteiger partial charge is 0.248 e.